The maximum absolute atomic E-state index is 14.1. The van der Waals surface area contributed by atoms with Gasteiger partial charge in [0.25, 0.3) is 0 Å². The zero-order valence-corrected chi connectivity index (χ0v) is 34.5. The van der Waals surface area contributed by atoms with Crippen molar-refractivity contribution in [2.75, 3.05) is 6.61 Å². The molecule has 0 aromatic heterocycles. The Hall–Kier alpha value is -5.49. The number of nitrogens with one attached hydrogen (secondary N) is 1. The summed E-state index contributed by atoms with van der Waals surface area (Å²) in [6.45, 7) is 6.16. The molecule has 6 atom stereocenters. The van der Waals surface area contributed by atoms with Crippen molar-refractivity contribution in [3.63, 3.8) is 0 Å². The molecule has 6 rings (SSSR count). The Morgan fingerprint density at radius 3 is 1.42 bits per heavy atom. The minimum absolute atomic E-state index is 0.0789. The van der Waals surface area contributed by atoms with Gasteiger partial charge >= 0.3 is 5.97 Å². The number of carbonyl (C=O) groups is 3. The molecule has 1 N–H and O–H groups in total. The van der Waals surface area contributed by atoms with Crippen LogP contribution in [0.3, 0.4) is 0 Å². The van der Waals surface area contributed by atoms with Gasteiger partial charge in [-0.15, -0.1) is 0 Å². The van der Waals surface area contributed by atoms with Gasteiger partial charge in [-0.3, -0.25) is 19.7 Å². The third kappa shape index (κ3) is 13.5. The SMILES string of the molecule is CC(C)(C)OC(=O)C1C(=O)NC(=O)CC1[C@H](OCc1ccccc1)[C@@H](OCc1ccccc1)[C@H](OCc1ccccc1)[C@@H](COCc1ccccc1)OCc1ccccc1. The Bertz CT molecular complexity index is 2040. The van der Waals surface area contributed by atoms with Crippen LogP contribution in [0.15, 0.2) is 152 Å². The van der Waals surface area contributed by atoms with Crippen LogP contribution in [0.1, 0.15) is 55.0 Å². The lowest BCUT2D eigenvalue weighted by Gasteiger charge is -2.43. The molecule has 1 heterocycles. The van der Waals surface area contributed by atoms with Crippen molar-refractivity contribution in [1.29, 1.82) is 0 Å². The molecule has 0 bridgehead atoms. The largest absolute Gasteiger partial charge is 0.459 e. The smallest absolute Gasteiger partial charge is 0.319 e. The molecule has 60 heavy (non-hydrogen) atoms. The number of ether oxygens (including phenoxy) is 6. The van der Waals surface area contributed by atoms with Gasteiger partial charge in [0, 0.05) is 12.3 Å². The quantitative estimate of drug-likeness (QED) is 0.0445. The predicted octanol–water partition coefficient (Wildman–Crippen LogP) is 8.17. The fraction of sp³-hybridized carbons (Fsp3) is 0.340. The first kappa shape index (κ1) is 44.1. The van der Waals surface area contributed by atoms with Gasteiger partial charge < -0.3 is 28.4 Å². The van der Waals surface area contributed by atoms with Gasteiger partial charge in [0.15, 0.2) is 0 Å². The summed E-state index contributed by atoms with van der Waals surface area (Å²) in [5.74, 6) is -4.49. The molecule has 1 aliphatic heterocycles. The topological polar surface area (TPSA) is 119 Å². The van der Waals surface area contributed by atoms with E-state index in [1.54, 1.807) is 20.8 Å². The zero-order chi connectivity index (χ0) is 42.2. The predicted molar refractivity (Wildman–Crippen MR) is 227 cm³/mol. The van der Waals surface area contributed by atoms with Gasteiger partial charge in [0.05, 0.1) is 45.7 Å². The third-order valence-electron chi connectivity index (χ3n) is 10.0. The van der Waals surface area contributed by atoms with E-state index in [1.165, 1.54) is 0 Å². The van der Waals surface area contributed by atoms with Crippen LogP contribution >= 0.6 is 0 Å². The van der Waals surface area contributed by atoms with Crippen LogP contribution in [0, 0.1) is 11.8 Å². The number of hydrogen-bond donors (Lipinski definition) is 1. The third-order valence-corrected chi connectivity index (χ3v) is 10.0. The van der Waals surface area contributed by atoms with Gasteiger partial charge in [0.1, 0.15) is 29.8 Å². The maximum Gasteiger partial charge on any atom is 0.319 e. The molecule has 0 aliphatic carbocycles. The van der Waals surface area contributed by atoms with Crippen molar-refractivity contribution < 1.29 is 42.8 Å². The fourth-order valence-corrected chi connectivity index (χ4v) is 7.18. The lowest BCUT2D eigenvalue weighted by Crippen LogP contribution is -2.59. The summed E-state index contributed by atoms with van der Waals surface area (Å²) in [4.78, 5) is 41.4. The molecular weight excluding hydrogens is 759 g/mol. The van der Waals surface area contributed by atoms with Crippen LogP contribution in [0.4, 0.5) is 0 Å². The number of piperidine rings is 1. The van der Waals surface area contributed by atoms with E-state index in [2.05, 4.69) is 5.32 Å². The maximum atomic E-state index is 14.1. The fourth-order valence-electron chi connectivity index (χ4n) is 7.18. The Morgan fingerprint density at radius 1 is 0.567 bits per heavy atom. The number of imide groups is 1. The number of carbonyl (C=O) groups excluding carboxylic acids is 3. The molecule has 10 nitrogen and oxygen atoms in total. The van der Waals surface area contributed by atoms with E-state index in [1.807, 2.05) is 152 Å². The summed E-state index contributed by atoms with van der Waals surface area (Å²) < 4.78 is 40.0. The Labute approximate surface area is 353 Å². The first-order valence-electron chi connectivity index (χ1n) is 20.4. The van der Waals surface area contributed by atoms with Gasteiger partial charge in [-0.05, 0) is 48.6 Å². The van der Waals surface area contributed by atoms with Crippen molar-refractivity contribution in [3.05, 3.63) is 179 Å². The number of benzene rings is 5. The van der Waals surface area contributed by atoms with Crippen LogP contribution in [0.2, 0.25) is 0 Å². The summed E-state index contributed by atoms with van der Waals surface area (Å²) in [5.41, 5.74) is 3.61. The van der Waals surface area contributed by atoms with Crippen molar-refractivity contribution in [1.82, 2.24) is 5.32 Å². The average Bonchev–Trinajstić information content (AvgIpc) is 3.25. The number of rotatable bonds is 21. The van der Waals surface area contributed by atoms with Gasteiger partial charge in [-0.25, -0.2) is 0 Å². The first-order chi connectivity index (χ1) is 29.1. The molecule has 0 saturated carbocycles. The van der Waals surface area contributed by atoms with E-state index in [0.29, 0.717) is 6.61 Å². The Morgan fingerprint density at radius 2 is 0.967 bits per heavy atom. The zero-order valence-electron chi connectivity index (χ0n) is 34.5. The van der Waals surface area contributed by atoms with Crippen LogP contribution in [0.25, 0.3) is 0 Å². The molecule has 2 amide bonds. The lowest BCUT2D eigenvalue weighted by atomic mass is 9.77. The van der Waals surface area contributed by atoms with E-state index in [0.717, 1.165) is 27.8 Å². The van der Waals surface area contributed by atoms with E-state index in [-0.39, 0.29) is 39.5 Å². The van der Waals surface area contributed by atoms with Crippen LogP contribution in [-0.4, -0.2) is 54.4 Å². The van der Waals surface area contributed by atoms with Crippen molar-refractivity contribution in [3.8, 4) is 0 Å². The standard InChI is InChI=1S/C50H55NO9/c1-50(2,3)60-49(54)44-41(29-43(52)51-48(44)53)45(57-32-38-23-13-6-14-24-38)47(59-34-40-27-17-8-18-28-40)46(58-33-39-25-15-7-16-26-39)42(56-31-37-21-11-5-12-22-37)35-55-30-36-19-9-4-10-20-36/h4-28,41-42,44-47H,29-35H2,1-3H3,(H,51,52,53)/t41?,42-,44?,45+,46-,47-/m1/s1. The molecular formula is C50H55NO9. The van der Waals surface area contributed by atoms with Crippen LogP contribution < -0.4 is 5.32 Å². The molecule has 10 heteroatoms. The highest BCUT2D eigenvalue weighted by molar-refractivity contribution is 6.08. The van der Waals surface area contributed by atoms with E-state index < -0.39 is 59.6 Å². The lowest BCUT2D eigenvalue weighted by molar-refractivity contribution is -0.215. The van der Waals surface area contributed by atoms with Gasteiger partial charge in [0.2, 0.25) is 11.8 Å². The highest BCUT2D eigenvalue weighted by Gasteiger charge is 2.52. The average molecular weight is 814 g/mol. The summed E-state index contributed by atoms with van der Waals surface area (Å²) in [5, 5.41) is 2.38. The number of amides is 2. The number of esters is 1. The van der Waals surface area contributed by atoms with Gasteiger partial charge in [-0.2, -0.15) is 0 Å². The van der Waals surface area contributed by atoms with Gasteiger partial charge in [-0.1, -0.05) is 152 Å². The molecule has 1 saturated heterocycles. The Balaban J connectivity index is 1.47. The molecule has 2 unspecified atom stereocenters. The van der Waals surface area contributed by atoms with Crippen molar-refractivity contribution >= 4 is 17.8 Å². The second kappa shape index (κ2) is 22.2. The summed E-state index contributed by atoms with van der Waals surface area (Å²) in [6, 6.07) is 48.6. The van der Waals surface area contributed by atoms with E-state index in [9.17, 15) is 14.4 Å². The normalized spacial score (nSPS) is 17.6. The molecule has 314 valence electrons. The second-order valence-corrected chi connectivity index (χ2v) is 15.9. The van der Waals surface area contributed by atoms with Crippen molar-refractivity contribution in [2.24, 2.45) is 11.8 Å². The molecule has 0 spiro atoms. The van der Waals surface area contributed by atoms with Crippen molar-refractivity contribution in [2.45, 2.75) is 90.2 Å². The molecule has 0 radical (unpaired) electrons. The minimum atomic E-state index is -1.40. The highest BCUT2D eigenvalue weighted by atomic mass is 16.6. The summed E-state index contributed by atoms with van der Waals surface area (Å²) >= 11 is 0. The summed E-state index contributed by atoms with van der Waals surface area (Å²) in [6.07, 6.45) is -4.06. The Kier molecular flexibility index (Phi) is 16.3. The van der Waals surface area contributed by atoms with Crippen LogP contribution in [0.5, 0.6) is 0 Å². The molecule has 1 aliphatic rings. The molecule has 1 fully saturated rings. The molecule has 5 aromatic rings. The highest BCUT2D eigenvalue weighted by Crippen LogP contribution is 2.35. The summed E-state index contributed by atoms with van der Waals surface area (Å²) in [7, 11) is 0. The van der Waals surface area contributed by atoms with Crippen LogP contribution in [-0.2, 0) is 75.8 Å². The van der Waals surface area contributed by atoms with E-state index in [4.69, 9.17) is 28.4 Å². The van der Waals surface area contributed by atoms with E-state index >= 15 is 0 Å². The molecule has 5 aromatic carbocycles. The first-order valence-corrected chi connectivity index (χ1v) is 20.4. The second-order valence-electron chi connectivity index (χ2n) is 15.9. The number of hydrogen-bond acceptors (Lipinski definition) is 9. The monoisotopic (exact) mass is 813 g/mol. The minimum Gasteiger partial charge on any atom is -0.459 e.